The number of esters is 1. The molecule has 3 aromatic carbocycles. The van der Waals surface area contributed by atoms with Crippen LogP contribution >= 0.6 is 0 Å². The maximum absolute atomic E-state index is 12.4. The van der Waals surface area contributed by atoms with Crippen molar-refractivity contribution in [2.75, 3.05) is 13.2 Å². The molecule has 0 aromatic heterocycles. The highest BCUT2D eigenvalue weighted by atomic mass is 28.4. The smallest absolute Gasteiger partial charge is 0.305 e. The number of rotatable bonds is 20. The van der Waals surface area contributed by atoms with Gasteiger partial charge in [-0.25, -0.2) is 0 Å². The Morgan fingerprint density at radius 1 is 0.680 bits per heavy atom. The molecule has 1 aliphatic rings. The molecule has 0 saturated carbocycles. The van der Waals surface area contributed by atoms with Gasteiger partial charge in [0, 0.05) is 6.42 Å². The number of unbranched alkanes of at least 4 members (excludes halogenated alkanes) is 2. The molecule has 1 fully saturated rings. The summed E-state index contributed by atoms with van der Waals surface area (Å²) >= 11 is 0. The van der Waals surface area contributed by atoms with E-state index < -0.39 is 32.7 Å². The van der Waals surface area contributed by atoms with E-state index in [0.717, 1.165) is 36.0 Å². The van der Waals surface area contributed by atoms with Crippen LogP contribution in [0.3, 0.4) is 0 Å². The predicted molar refractivity (Wildman–Crippen MR) is 201 cm³/mol. The number of ether oxygens (including phenoxy) is 5. The first-order chi connectivity index (χ1) is 24.1. The third-order valence-electron chi connectivity index (χ3n) is 9.88. The van der Waals surface area contributed by atoms with Crippen LogP contribution in [0.1, 0.15) is 82.9 Å². The zero-order valence-electron chi connectivity index (χ0n) is 31.2. The highest BCUT2D eigenvalue weighted by Crippen LogP contribution is 2.38. The van der Waals surface area contributed by atoms with Crippen LogP contribution in [-0.2, 0) is 52.7 Å². The van der Waals surface area contributed by atoms with Gasteiger partial charge in [-0.15, -0.1) is 0 Å². The van der Waals surface area contributed by atoms with E-state index in [-0.39, 0.29) is 17.1 Å². The van der Waals surface area contributed by atoms with Crippen molar-refractivity contribution in [2.45, 2.75) is 135 Å². The second-order valence-electron chi connectivity index (χ2n) is 14.9. The van der Waals surface area contributed by atoms with Crippen molar-refractivity contribution < 1.29 is 32.9 Å². The van der Waals surface area contributed by atoms with Crippen molar-refractivity contribution >= 4 is 14.3 Å². The largest absolute Gasteiger partial charge is 0.466 e. The van der Waals surface area contributed by atoms with Gasteiger partial charge in [0.2, 0.25) is 0 Å². The van der Waals surface area contributed by atoms with Crippen molar-refractivity contribution in [1.82, 2.24) is 0 Å². The Labute approximate surface area is 302 Å². The van der Waals surface area contributed by atoms with Crippen LogP contribution in [0.5, 0.6) is 0 Å². The van der Waals surface area contributed by atoms with E-state index in [4.69, 9.17) is 28.1 Å². The van der Waals surface area contributed by atoms with Gasteiger partial charge in [0.25, 0.3) is 0 Å². The lowest BCUT2D eigenvalue weighted by Crippen LogP contribution is -2.61. The van der Waals surface area contributed by atoms with Gasteiger partial charge in [-0.05, 0) is 54.1 Å². The lowest BCUT2D eigenvalue weighted by Gasteiger charge is -2.47. The number of carbonyl (C=O) groups excluding carboxylic acids is 1. The fourth-order valence-corrected chi connectivity index (χ4v) is 6.83. The molecule has 7 nitrogen and oxygen atoms in total. The molecule has 274 valence electrons. The molecule has 0 spiro atoms. The van der Waals surface area contributed by atoms with Crippen LogP contribution < -0.4 is 0 Å². The summed E-state index contributed by atoms with van der Waals surface area (Å²) in [6.07, 6.45) is 2.61. The minimum Gasteiger partial charge on any atom is -0.466 e. The summed E-state index contributed by atoms with van der Waals surface area (Å²) in [5.74, 6) is -0.140. The fourth-order valence-electron chi connectivity index (χ4n) is 5.82. The molecule has 5 unspecified atom stereocenters. The number of hydrogen-bond donors (Lipinski definition) is 0. The van der Waals surface area contributed by atoms with Gasteiger partial charge in [0.15, 0.2) is 8.32 Å². The van der Waals surface area contributed by atoms with Gasteiger partial charge in [-0.3, -0.25) is 4.79 Å². The number of carbonyl (C=O) groups is 1. The van der Waals surface area contributed by atoms with Gasteiger partial charge in [-0.1, -0.05) is 132 Å². The maximum Gasteiger partial charge on any atom is 0.305 e. The molecule has 0 N–H and O–H groups in total. The van der Waals surface area contributed by atoms with E-state index in [9.17, 15) is 4.79 Å². The van der Waals surface area contributed by atoms with Gasteiger partial charge in [-0.2, -0.15) is 0 Å². The molecule has 4 rings (SSSR count). The van der Waals surface area contributed by atoms with Crippen LogP contribution in [0.2, 0.25) is 18.1 Å². The Morgan fingerprint density at radius 2 is 1.16 bits per heavy atom. The molecule has 0 bridgehead atoms. The van der Waals surface area contributed by atoms with E-state index in [2.05, 4.69) is 77.2 Å². The molecule has 0 radical (unpaired) electrons. The van der Waals surface area contributed by atoms with E-state index in [1.807, 2.05) is 54.6 Å². The molecule has 1 aliphatic heterocycles. The normalized spacial score (nSPS) is 21.2. The quantitative estimate of drug-likeness (QED) is 0.0659. The van der Waals surface area contributed by atoms with Crippen molar-refractivity contribution in [1.29, 1.82) is 0 Å². The standard InChI is InChI=1S/C42H60O7Si/c1-7-8-12-27-38(43)44-28-19-26-36-39(45-29-33-20-13-9-14-21-33)41(47-31-35-24-17-11-18-25-35)40(46-30-34-22-15-10-16-23-34)37(49-36)32-48-50(5,6)42(2,3)4/h9-11,13-18,20-25,36-37,39-41H,7-8,12,19,26-32H2,1-6H3. The number of hydrogen-bond acceptors (Lipinski definition) is 7. The molecular formula is C42H60O7Si. The Hall–Kier alpha value is -2.85. The Morgan fingerprint density at radius 3 is 1.64 bits per heavy atom. The van der Waals surface area contributed by atoms with Gasteiger partial charge >= 0.3 is 5.97 Å². The summed E-state index contributed by atoms with van der Waals surface area (Å²) in [6, 6.07) is 30.6. The molecular weight excluding hydrogens is 645 g/mol. The minimum absolute atomic E-state index is 0.0347. The SMILES string of the molecule is CCCCCC(=O)OCCCC1OC(CO[Si](C)(C)C(C)(C)C)C(OCc2ccccc2)C(OCc2ccccc2)C1OCc1ccccc1. The summed E-state index contributed by atoms with van der Waals surface area (Å²) in [4.78, 5) is 12.4. The topological polar surface area (TPSA) is 72.5 Å². The van der Waals surface area contributed by atoms with Crippen LogP contribution in [0.4, 0.5) is 0 Å². The Balaban J connectivity index is 1.62. The third-order valence-corrected chi connectivity index (χ3v) is 14.4. The Bertz CT molecular complexity index is 1360. The van der Waals surface area contributed by atoms with E-state index >= 15 is 0 Å². The molecule has 5 atom stereocenters. The summed E-state index contributed by atoms with van der Waals surface area (Å²) in [6.45, 7) is 15.3. The van der Waals surface area contributed by atoms with Crippen molar-refractivity contribution in [3.8, 4) is 0 Å². The zero-order valence-corrected chi connectivity index (χ0v) is 32.2. The molecule has 0 amide bonds. The van der Waals surface area contributed by atoms with Crippen LogP contribution in [0.15, 0.2) is 91.0 Å². The zero-order chi connectivity index (χ0) is 35.8. The summed E-state index contributed by atoms with van der Waals surface area (Å²) in [5.41, 5.74) is 3.21. The fraction of sp³-hybridized carbons (Fsp3) is 0.548. The monoisotopic (exact) mass is 704 g/mol. The van der Waals surface area contributed by atoms with Gasteiger partial charge in [0.05, 0.1) is 39.1 Å². The second-order valence-corrected chi connectivity index (χ2v) is 19.7. The summed E-state index contributed by atoms with van der Waals surface area (Å²) in [5, 5.41) is 0.0347. The molecule has 0 aliphatic carbocycles. The lowest BCUT2D eigenvalue weighted by atomic mass is 9.92. The lowest BCUT2D eigenvalue weighted by molar-refractivity contribution is -0.270. The molecule has 8 heteroatoms. The average Bonchev–Trinajstić information content (AvgIpc) is 3.11. The molecule has 1 heterocycles. The van der Waals surface area contributed by atoms with Gasteiger partial charge in [0.1, 0.15) is 24.4 Å². The van der Waals surface area contributed by atoms with E-state index in [0.29, 0.717) is 52.3 Å². The number of benzene rings is 3. The highest BCUT2D eigenvalue weighted by Gasteiger charge is 2.49. The van der Waals surface area contributed by atoms with Crippen LogP contribution in [-0.4, -0.2) is 58.0 Å². The van der Waals surface area contributed by atoms with Crippen LogP contribution in [0, 0.1) is 0 Å². The van der Waals surface area contributed by atoms with E-state index in [1.54, 1.807) is 0 Å². The summed E-state index contributed by atoms with van der Waals surface area (Å²) < 4.78 is 39.9. The predicted octanol–water partition coefficient (Wildman–Crippen LogP) is 9.44. The van der Waals surface area contributed by atoms with Crippen molar-refractivity contribution in [3.05, 3.63) is 108 Å². The first-order valence-electron chi connectivity index (χ1n) is 18.5. The van der Waals surface area contributed by atoms with Crippen molar-refractivity contribution in [2.24, 2.45) is 0 Å². The first kappa shape index (κ1) is 39.9. The average molecular weight is 705 g/mol. The second kappa shape index (κ2) is 20.3. The van der Waals surface area contributed by atoms with Crippen molar-refractivity contribution in [3.63, 3.8) is 0 Å². The van der Waals surface area contributed by atoms with Gasteiger partial charge < -0.3 is 28.1 Å². The molecule has 3 aromatic rings. The highest BCUT2D eigenvalue weighted by molar-refractivity contribution is 6.74. The first-order valence-corrected chi connectivity index (χ1v) is 21.4. The molecule has 1 saturated heterocycles. The maximum atomic E-state index is 12.4. The third kappa shape index (κ3) is 12.7. The van der Waals surface area contributed by atoms with Crippen LogP contribution in [0.25, 0.3) is 0 Å². The Kier molecular flexibility index (Phi) is 16.2. The van der Waals surface area contributed by atoms with E-state index in [1.165, 1.54) is 0 Å². The summed E-state index contributed by atoms with van der Waals surface area (Å²) in [7, 11) is -2.12. The minimum atomic E-state index is -2.12. The molecule has 50 heavy (non-hydrogen) atoms.